The first-order valence-corrected chi connectivity index (χ1v) is 6.32. The van der Waals surface area contributed by atoms with Crippen LogP contribution in [-0.2, 0) is 10.2 Å². The Balaban J connectivity index is 2.80. The van der Waals surface area contributed by atoms with Crippen molar-refractivity contribution in [2.24, 2.45) is 5.41 Å². The van der Waals surface area contributed by atoms with Crippen molar-refractivity contribution in [1.29, 1.82) is 0 Å². The molecule has 0 aliphatic heterocycles. The normalized spacial score (nSPS) is 11.6. The van der Waals surface area contributed by atoms with Crippen LogP contribution in [0.5, 0.6) is 0 Å². The van der Waals surface area contributed by atoms with E-state index in [0.717, 1.165) is 5.56 Å². The summed E-state index contributed by atoms with van der Waals surface area (Å²) in [5, 5.41) is 0. The third-order valence-electron chi connectivity index (χ3n) is 2.90. The van der Waals surface area contributed by atoms with Gasteiger partial charge in [-0.2, -0.15) is 0 Å². The Bertz CT molecular complexity index is 464. The van der Waals surface area contributed by atoms with Gasteiger partial charge in [0.25, 0.3) is 0 Å². The van der Waals surface area contributed by atoms with Gasteiger partial charge in [-0.15, -0.1) is 0 Å². The minimum absolute atomic E-state index is 0.0445. The van der Waals surface area contributed by atoms with Gasteiger partial charge in [-0.3, -0.25) is 4.79 Å². The number of hydrogen-bond acceptors (Lipinski definition) is 1. The summed E-state index contributed by atoms with van der Waals surface area (Å²) in [4.78, 5) is 12.2. The first kappa shape index (κ1) is 14.5. The van der Waals surface area contributed by atoms with Crippen LogP contribution in [0.4, 0.5) is 0 Å². The van der Waals surface area contributed by atoms with Gasteiger partial charge in [0.2, 0.25) is 0 Å². The van der Waals surface area contributed by atoms with Crippen molar-refractivity contribution >= 4 is 5.78 Å². The molecule has 0 unspecified atom stereocenters. The van der Waals surface area contributed by atoms with Gasteiger partial charge in [0, 0.05) is 10.8 Å². The molecule has 0 fully saturated rings. The molecular formula is C17H22O. The lowest BCUT2D eigenvalue weighted by molar-refractivity contribution is -0.122. The standard InChI is InChI=1S/C17H22O/c1-16(2,3)13-9-12-15(18)17(4,5)14-10-7-6-8-11-14/h6-8,10-11H,12H2,1-5H3. The number of carbonyl (C=O) groups is 1. The molecule has 0 aromatic heterocycles. The zero-order valence-corrected chi connectivity index (χ0v) is 12.0. The zero-order chi connectivity index (χ0) is 13.8. The minimum atomic E-state index is -0.464. The second kappa shape index (κ2) is 5.40. The van der Waals surface area contributed by atoms with Gasteiger partial charge in [0.05, 0.1) is 6.42 Å². The molecule has 0 aliphatic carbocycles. The summed E-state index contributed by atoms with van der Waals surface area (Å²) in [6.07, 6.45) is 0.319. The Morgan fingerprint density at radius 2 is 1.61 bits per heavy atom. The van der Waals surface area contributed by atoms with E-state index in [1.165, 1.54) is 0 Å². The molecule has 0 aliphatic rings. The maximum atomic E-state index is 12.2. The fourth-order valence-corrected chi connectivity index (χ4v) is 1.63. The van der Waals surface area contributed by atoms with Gasteiger partial charge in [0.15, 0.2) is 5.78 Å². The highest BCUT2D eigenvalue weighted by molar-refractivity contribution is 5.91. The van der Waals surface area contributed by atoms with Crippen LogP contribution in [-0.4, -0.2) is 5.78 Å². The molecule has 0 radical (unpaired) electrons. The molecule has 1 aromatic rings. The maximum Gasteiger partial charge on any atom is 0.154 e. The minimum Gasteiger partial charge on any atom is -0.298 e. The van der Waals surface area contributed by atoms with E-state index in [2.05, 4.69) is 11.8 Å². The molecule has 0 amide bonds. The molecule has 1 aromatic carbocycles. The molecule has 0 heterocycles. The Labute approximate surface area is 111 Å². The van der Waals surface area contributed by atoms with Gasteiger partial charge >= 0.3 is 0 Å². The molecule has 18 heavy (non-hydrogen) atoms. The van der Waals surface area contributed by atoms with Crippen LogP contribution in [0, 0.1) is 17.3 Å². The van der Waals surface area contributed by atoms with Gasteiger partial charge < -0.3 is 0 Å². The fraction of sp³-hybridized carbons (Fsp3) is 0.471. The van der Waals surface area contributed by atoms with Gasteiger partial charge in [-0.25, -0.2) is 0 Å². The van der Waals surface area contributed by atoms with Gasteiger partial charge in [0.1, 0.15) is 0 Å². The van der Waals surface area contributed by atoms with Crippen LogP contribution in [0.25, 0.3) is 0 Å². The molecule has 1 rings (SSSR count). The van der Waals surface area contributed by atoms with Crippen molar-refractivity contribution in [3.8, 4) is 11.8 Å². The number of Topliss-reactive ketones (excluding diaryl/α,β-unsaturated/α-hetero) is 1. The van der Waals surface area contributed by atoms with E-state index in [9.17, 15) is 4.79 Å². The van der Waals surface area contributed by atoms with E-state index in [-0.39, 0.29) is 11.2 Å². The van der Waals surface area contributed by atoms with Gasteiger partial charge in [-0.1, -0.05) is 42.2 Å². The molecule has 0 saturated heterocycles. The monoisotopic (exact) mass is 242 g/mol. The summed E-state index contributed by atoms with van der Waals surface area (Å²) >= 11 is 0. The lowest BCUT2D eigenvalue weighted by Crippen LogP contribution is -2.28. The Morgan fingerprint density at radius 3 is 2.11 bits per heavy atom. The van der Waals surface area contributed by atoms with E-state index in [1.54, 1.807) is 0 Å². The van der Waals surface area contributed by atoms with E-state index < -0.39 is 5.41 Å². The van der Waals surface area contributed by atoms with Crippen LogP contribution >= 0.6 is 0 Å². The second-order valence-electron chi connectivity index (χ2n) is 6.14. The first-order chi connectivity index (χ1) is 8.23. The highest BCUT2D eigenvalue weighted by Crippen LogP contribution is 2.25. The number of ketones is 1. The van der Waals surface area contributed by atoms with Crippen LogP contribution < -0.4 is 0 Å². The topological polar surface area (TPSA) is 17.1 Å². The highest BCUT2D eigenvalue weighted by atomic mass is 16.1. The third-order valence-corrected chi connectivity index (χ3v) is 2.90. The Morgan fingerprint density at radius 1 is 1.06 bits per heavy atom. The lowest BCUT2D eigenvalue weighted by Gasteiger charge is -2.22. The van der Waals surface area contributed by atoms with Crippen molar-refractivity contribution in [3.05, 3.63) is 35.9 Å². The maximum absolute atomic E-state index is 12.2. The van der Waals surface area contributed by atoms with E-state index in [0.29, 0.717) is 6.42 Å². The summed E-state index contributed by atoms with van der Waals surface area (Å²) in [6.45, 7) is 10.1. The van der Waals surface area contributed by atoms with Crippen LogP contribution in [0.2, 0.25) is 0 Å². The molecule has 0 spiro atoms. The van der Waals surface area contributed by atoms with Crippen molar-refractivity contribution in [2.45, 2.75) is 46.5 Å². The summed E-state index contributed by atoms with van der Waals surface area (Å²) < 4.78 is 0. The molecule has 96 valence electrons. The summed E-state index contributed by atoms with van der Waals surface area (Å²) in [6, 6.07) is 9.88. The van der Waals surface area contributed by atoms with Crippen LogP contribution in [0.15, 0.2) is 30.3 Å². The molecule has 1 heteroatoms. The summed E-state index contributed by atoms with van der Waals surface area (Å²) in [7, 11) is 0. The van der Waals surface area contributed by atoms with Crippen molar-refractivity contribution in [1.82, 2.24) is 0 Å². The molecule has 0 bridgehead atoms. The predicted octanol–water partition coefficient (Wildman–Crippen LogP) is 3.97. The van der Waals surface area contributed by atoms with Crippen LogP contribution in [0.3, 0.4) is 0 Å². The zero-order valence-electron chi connectivity index (χ0n) is 12.0. The largest absolute Gasteiger partial charge is 0.298 e. The molecular weight excluding hydrogens is 220 g/mol. The first-order valence-electron chi connectivity index (χ1n) is 6.32. The molecule has 0 atom stereocenters. The quantitative estimate of drug-likeness (QED) is 0.733. The van der Waals surface area contributed by atoms with Crippen molar-refractivity contribution < 1.29 is 4.79 Å². The number of benzene rings is 1. The lowest BCUT2D eigenvalue weighted by atomic mass is 9.79. The summed E-state index contributed by atoms with van der Waals surface area (Å²) in [5.41, 5.74) is 0.540. The van der Waals surface area contributed by atoms with E-state index >= 15 is 0 Å². The molecule has 0 saturated carbocycles. The van der Waals surface area contributed by atoms with Gasteiger partial charge in [-0.05, 0) is 40.2 Å². The molecule has 1 nitrogen and oxygen atoms in total. The highest BCUT2D eigenvalue weighted by Gasteiger charge is 2.28. The number of hydrogen-bond donors (Lipinski definition) is 0. The van der Waals surface area contributed by atoms with Crippen molar-refractivity contribution in [3.63, 3.8) is 0 Å². The van der Waals surface area contributed by atoms with E-state index in [4.69, 9.17) is 0 Å². The SMILES string of the molecule is CC(C)(C)C#CCC(=O)C(C)(C)c1ccccc1. The Hall–Kier alpha value is -1.55. The second-order valence-corrected chi connectivity index (χ2v) is 6.14. The summed E-state index contributed by atoms with van der Waals surface area (Å²) in [5.74, 6) is 6.28. The average molecular weight is 242 g/mol. The fourth-order valence-electron chi connectivity index (χ4n) is 1.63. The number of rotatable bonds is 3. The smallest absolute Gasteiger partial charge is 0.154 e. The Kier molecular flexibility index (Phi) is 4.35. The predicted molar refractivity (Wildman–Crippen MR) is 76.3 cm³/mol. The molecule has 0 N–H and O–H groups in total. The van der Waals surface area contributed by atoms with Crippen LogP contribution in [0.1, 0.15) is 46.6 Å². The van der Waals surface area contributed by atoms with Crippen molar-refractivity contribution in [2.75, 3.05) is 0 Å². The third kappa shape index (κ3) is 4.04. The number of carbonyl (C=O) groups excluding carboxylic acids is 1. The average Bonchev–Trinajstić information content (AvgIpc) is 2.28. The van der Waals surface area contributed by atoms with E-state index in [1.807, 2.05) is 65.0 Å².